The van der Waals surface area contributed by atoms with Crippen LogP contribution in [0.2, 0.25) is 0 Å². The molecule has 0 spiro atoms. The number of hydrazone groups is 1. The van der Waals surface area contributed by atoms with Crippen LogP contribution in [0.25, 0.3) is 0 Å². The number of nitrogens with one attached hydrogen (secondary N) is 2. The van der Waals surface area contributed by atoms with Crippen LogP contribution in [0.15, 0.2) is 29.4 Å². The topological polar surface area (TPSA) is 64.4 Å². The Hall–Kier alpha value is -1.92. The maximum Gasteiger partial charge on any atom is 0.295 e. The van der Waals surface area contributed by atoms with Crippen molar-refractivity contribution in [1.29, 1.82) is 0 Å². The van der Waals surface area contributed by atoms with Gasteiger partial charge >= 0.3 is 0 Å². The van der Waals surface area contributed by atoms with Crippen molar-refractivity contribution in [1.82, 2.24) is 5.43 Å². The standard InChI is InChI=1S/C17H25N3O3/c1-3-4-16(14-5-7-15(22-2)8-6-14)18-19-17(21)13-20-9-11-23-12-10-20/h5-8H,3-4,9-13H2,1-2H3,(H,19,21)/p+1/b18-16-. The summed E-state index contributed by atoms with van der Waals surface area (Å²) in [7, 11) is 1.64. The lowest BCUT2D eigenvalue weighted by Gasteiger charge is -2.22. The van der Waals surface area contributed by atoms with E-state index in [9.17, 15) is 4.79 Å². The predicted octanol–water partition coefficient (Wildman–Crippen LogP) is 0.231. The van der Waals surface area contributed by atoms with Gasteiger partial charge in [-0.1, -0.05) is 13.3 Å². The molecule has 0 aliphatic carbocycles. The molecule has 2 rings (SSSR count). The van der Waals surface area contributed by atoms with E-state index in [4.69, 9.17) is 9.47 Å². The normalized spacial score (nSPS) is 16.2. The Bertz CT molecular complexity index is 522. The second-order valence-electron chi connectivity index (χ2n) is 5.61. The number of quaternary nitrogens is 1. The third kappa shape index (κ3) is 5.65. The summed E-state index contributed by atoms with van der Waals surface area (Å²) in [6.07, 6.45) is 1.78. The van der Waals surface area contributed by atoms with Crippen molar-refractivity contribution in [2.24, 2.45) is 5.10 Å². The van der Waals surface area contributed by atoms with Gasteiger partial charge in [-0.05, 0) is 36.2 Å². The van der Waals surface area contributed by atoms with E-state index in [0.29, 0.717) is 6.54 Å². The van der Waals surface area contributed by atoms with Gasteiger partial charge in [0.1, 0.15) is 18.8 Å². The highest BCUT2D eigenvalue weighted by atomic mass is 16.5. The van der Waals surface area contributed by atoms with Crippen molar-refractivity contribution in [3.8, 4) is 5.75 Å². The smallest absolute Gasteiger partial charge is 0.295 e. The molecule has 0 saturated carbocycles. The third-order valence-electron chi connectivity index (χ3n) is 3.84. The second-order valence-corrected chi connectivity index (χ2v) is 5.61. The summed E-state index contributed by atoms with van der Waals surface area (Å²) in [6.45, 7) is 5.72. The van der Waals surface area contributed by atoms with Crippen molar-refractivity contribution in [3.05, 3.63) is 29.8 Å². The minimum absolute atomic E-state index is 0.0518. The molecule has 1 fully saturated rings. The molecule has 1 amide bonds. The molecular weight excluding hydrogens is 294 g/mol. The summed E-state index contributed by atoms with van der Waals surface area (Å²) in [6, 6.07) is 7.74. The van der Waals surface area contributed by atoms with Gasteiger partial charge in [0.05, 0.1) is 26.0 Å². The van der Waals surface area contributed by atoms with Crippen LogP contribution in [-0.2, 0) is 9.53 Å². The largest absolute Gasteiger partial charge is 0.497 e. The number of ether oxygens (including phenoxy) is 2. The first-order valence-corrected chi connectivity index (χ1v) is 8.14. The van der Waals surface area contributed by atoms with Crippen molar-refractivity contribution in [2.45, 2.75) is 19.8 Å². The van der Waals surface area contributed by atoms with Gasteiger partial charge in [0, 0.05) is 0 Å². The van der Waals surface area contributed by atoms with E-state index >= 15 is 0 Å². The van der Waals surface area contributed by atoms with Crippen molar-refractivity contribution >= 4 is 11.6 Å². The number of carbonyl (C=O) groups excluding carboxylic acids is 1. The molecule has 1 aromatic carbocycles. The van der Waals surface area contributed by atoms with Gasteiger partial charge in [-0.2, -0.15) is 5.10 Å². The van der Waals surface area contributed by atoms with Gasteiger partial charge in [-0.15, -0.1) is 0 Å². The molecule has 126 valence electrons. The number of methoxy groups -OCH3 is 1. The zero-order valence-electron chi connectivity index (χ0n) is 13.9. The van der Waals surface area contributed by atoms with E-state index in [-0.39, 0.29) is 5.91 Å². The highest BCUT2D eigenvalue weighted by molar-refractivity contribution is 6.01. The average molecular weight is 320 g/mol. The maximum absolute atomic E-state index is 12.1. The van der Waals surface area contributed by atoms with Crippen LogP contribution in [0.1, 0.15) is 25.3 Å². The van der Waals surface area contributed by atoms with Crippen LogP contribution < -0.4 is 15.1 Å². The van der Waals surface area contributed by atoms with E-state index in [1.165, 1.54) is 4.90 Å². The summed E-state index contributed by atoms with van der Waals surface area (Å²) in [5.41, 5.74) is 4.59. The van der Waals surface area contributed by atoms with Crippen LogP contribution in [-0.4, -0.2) is 51.6 Å². The molecule has 6 nitrogen and oxygen atoms in total. The number of hydrogen-bond donors (Lipinski definition) is 2. The highest BCUT2D eigenvalue weighted by Gasteiger charge is 2.17. The summed E-state index contributed by atoms with van der Waals surface area (Å²) in [5, 5.41) is 4.34. The molecule has 1 heterocycles. The number of nitrogens with zero attached hydrogens (tertiary/aromatic N) is 1. The molecule has 2 N–H and O–H groups in total. The van der Waals surface area contributed by atoms with Crippen LogP contribution in [0.5, 0.6) is 5.75 Å². The molecule has 0 atom stereocenters. The third-order valence-corrected chi connectivity index (χ3v) is 3.84. The Balaban J connectivity index is 1.95. The number of amides is 1. The van der Waals surface area contributed by atoms with Crippen molar-refractivity contribution < 1.29 is 19.2 Å². The van der Waals surface area contributed by atoms with Gasteiger partial charge in [0.15, 0.2) is 6.54 Å². The van der Waals surface area contributed by atoms with Gasteiger partial charge < -0.3 is 14.4 Å². The van der Waals surface area contributed by atoms with Gasteiger partial charge in [-0.3, -0.25) is 4.79 Å². The number of hydrogen-bond acceptors (Lipinski definition) is 4. The summed E-state index contributed by atoms with van der Waals surface area (Å²) in [5.74, 6) is 0.758. The van der Waals surface area contributed by atoms with Crippen LogP contribution in [0.4, 0.5) is 0 Å². The number of rotatable bonds is 7. The Morgan fingerprint density at radius 1 is 1.30 bits per heavy atom. The Labute approximate surface area is 137 Å². The molecule has 1 saturated heterocycles. The molecule has 0 unspecified atom stereocenters. The fourth-order valence-electron chi connectivity index (χ4n) is 2.52. The summed E-state index contributed by atoms with van der Waals surface area (Å²) >= 11 is 0. The maximum atomic E-state index is 12.1. The Morgan fingerprint density at radius 2 is 2.00 bits per heavy atom. The molecule has 0 bridgehead atoms. The summed E-state index contributed by atoms with van der Waals surface area (Å²) in [4.78, 5) is 13.3. The minimum Gasteiger partial charge on any atom is -0.497 e. The first-order chi connectivity index (χ1) is 11.2. The number of benzene rings is 1. The molecule has 1 aliphatic rings. The summed E-state index contributed by atoms with van der Waals surface area (Å²) < 4.78 is 10.5. The zero-order chi connectivity index (χ0) is 16.5. The monoisotopic (exact) mass is 320 g/mol. The quantitative estimate of drug-likeness (QED) is 0.558. The van der Waals surface area contributed by atoms with Crippen LogP contribution in [0, 0.1) is 0 Å². The molecule has 6 heteroatoms. The van der Waals surface area contributed by atoms with E-state index in [2.05, 4.69) is 17.5 Å². The highest BCUT2D eigenvalue weighted by Crippen LogP contribution is 2.13. The predicted molar refractivity (Wildman–Crippen MR) is 89.0 cm³/mol. The molecular formula is C17H26N3O3+. The molecule has 0 radical (unpaired) electrons. The number of morpholine rings is 1. The first kappa shape index (κ1) is 17.4. The Kier molecular flexibility index (Phi) is 7.03. The zero-order valence-corrected chi connectivity index (χ0v) is 13.9. The van der Waals surface area contributed by atoms with Gasteiger partial charge in [-0.25, -0.2) is 5.43 Å². The van der Waals surface area contributed by atoms with E-state index in [1.807, 2.05) is 24.3 Å². The molecule has 1 aliphatic heterocycles. The van der Waals surface area contributed by atoms with Crippen LogP contribution >= 0.6 is 0 Å². The minimum atomic E-state index is -0.0518. The lowest BCUT2D eigenvalue weighted by Crippen LogP contribution is -3.15. The van der Waals surface area contributed by atoms with Crippen molar-refractivity contribution in [3.63, 3.8) is 0 Å². The second kappa shape index (κ2) is 9.27. The molecule has 1 aromatic rings. The van der Waals surface area contributed by atoms with E-state index in [1.54, 1.807) is 7.11 Å². The van der Waals surface area contributed by atoms with Gasteiger partial charge in [0.2, 0.25) is 0 Å². The first-order valence-electron chi connectivity index (χ1n) is 8.14. The van der Waals surface area contributed by atoms with Crippen molar-refractivity contribution in [2.75, 3.05) is 40.0 Å². The molecule has 23 heavy (non-hydrogen) atoms. The van der Waals surface area contributed by atoms with E-state index < -0.39 is 0 Å². The molecule has 0 aromatic heterocycles. The number of carbonyl (C=O) groups is 1. The van der Waals surface area contributed by atoms with Crippen LogP contribution in [0.3, 0.4) is 0 Å². The SMILES string of the molecule is CCC/C(=N/NC(=O)C[NH+]1CCOCC1)c1ccc(OC)cc1. The lowest BCUT2D eigenvalue weighted by molar-refractivity contribution is -0.900. The lowest BCUT2D eigenvalue weighted by atomic mass is 10.1. The Morgan fingerprint density at radius 3 is 2.61 bits per heavy atom. The fraction of sp³-hybridized carbons (Fsp3) is 0.529. The van der Waals surface area contributed by atoms with Gasteiger partial charge in [0.25, 0.3) is 5.91 Å². The van der Waals surface area contributed by atoms with E-state index in [0.717, 1.165) is 56.2 Å². The fourth-order valence-corrected chi connectivity index (χ4v) is 2.52. The average Bonchev–Trinajstić information content (AvgIpc) is 2.59.